The highest BCUT2D eigenvalue weighted by atomic mass is 32.1. The zero-order valence-corrected chi connectivity index (χ0v) is 17.9. The van der Waals surface area contributed by atoms with Gasteiger partial charge in [0, 0.05) is 12.1 Å². The largest absolute Gasteiger partial charge is 0.394 e. The van der Waals surface area contributed by atoms with Crippen LogP contribution in [0.2, 0.25) is 0 Å². The molecule has 0 aliphatic carbocycles. The van der Waals surface area contributed by atoms with E-state index in [2.05, 4.69) is 11.1 Å². The molecular weight excluding hydrogens is 421 g/mol. The van der Waals surface area contributed by atoms with E-state index in [1.165, 1.54) is 23.5 Å². The topological polar surface area (TPSA) is 60.1 Å². The van der Waals surface area contributed by atoms with Gasteiger partial charge in [0.25, 0.3) is 0 Å². The Balaban J connectivity index is 1.50. The molecule has 1 saturated heterocycles. The Morgan fingerprint density at radius 2 is 1.69 bits per heavy atom. The normalized spacial score (nSPS) is 19.9. The van der Waals surface area contributed by atoms with E-state index in [0.29, 0.717) is 0 Å². The zero-order chi connectivity index (χ0) is 22.1. The molecule has 3 aromatic carbocycles. The molecule has 1 aromatic heterocycles. The van der Waals surface area contributed by atoms with Crippen LogP contribution in [0, 0.1) is 17.1 Å². The molecule has 5 rings (SSSR count). The Labute approximate surface area is 189 Å². The van der Waals surface area contributed by atoms with Crippen LogP contribution >= 0.6 is 11.3 Å². The summed E-state index contributed by atoms with van der Waals surface area (Å²) in [6.07, 6.45) is 1.82. The molecule has 4 aromatic rings. The fourth-order valence-corrected chi connectivity index (χ4v) is 5.46. The van der Waals surface area contributed by atoms with Crippen molar-refractivity contribution in [2.24, 2.45) is 0 Å². The molecule has 4 nitrogen and oxygen atoms in total. The summed E-state index contributed by atoms with van der Waals surface area (Å²) in [6, 6.07) is 25.9. The fraction of sp³-hybridized carbons (Fsp3) is 0.154. The molecule has 158 valence electrons. The maximum atomic E-state index is 13.4. The Morgan fingerprint density at radius 3 is 2.41 bits per heavy atom. The lowest BCUT2D eigenvalue weighted by Crippen LogP contribution is -2.63. The van der Waals surface area contributed by atoms with E-state index in [1.54, 1.807) is 12.1 Å². The first-order chi connectivity index (χ1) is 15.7. The van der Waals surface area contributed by atoms with Gasteiger partial charge in [-0.05, 0) is 34.4 Å². The minimum atomic E-state index is -0.455. The summed E-state index contributed by atoms with van der Waals surface area (Å²) in [5.74, 6) is -0.475. The summed E-state index contributed by atoms with van der Waals surface area (Å²) >= 11 is 1.52. The first kappa shape index (κ1) is 20.4. The van der Waals surface area contributed by atoms with Crippen molar-refractivity contribution in [1.82, 2.24) is 4.98 Å². The lowest BCUT2D eigenvalue weighted by atomic mass is 9.74. The number of halogens is 1. The van der Waals surface area contributed by atoms with E-state index >= 15 is 0 Å². The van der Waals surface area contributed by atoms with Crippen LogP contribution in [0.1, 0.15) is 11.5 Å². The Bertz CT molecular complexity index is 1270. The van der Waals surface area contributed by atoms with Gasteiger partial charge in [0.15, 0.2) is 5.13 Å². The van der Waals surface area contributed by atoms with Gasteiger partial charge in [0.1, 0.15) is 11.9 Å². The summed E-state index contributed by atoms with van der Waals surface area (Å²) in [7, 11) is 0. The zero-order valence-electron chi connectivity index (χ0n) is 17.1. The van der Waals surface area contributed by atoms with E-state index in [9.17, 15) is 14.8 Å². The number of rotatable bonds is 5. The molecule has 1 N–H and O–H groups in total. The van der Waals surface area contributed by atoms with Crippen LogP contribution in [0.3, 0.4) is 0 Å². The Kier molecular flexibility index (Phi) is 5.44. The van der Waals surface area contributed by atoms with Gasteiger partial charge in [-0.1, -0.05) is 78.1 Å². The monoisotopic (exact) mass is 441 g/mol. The van der Waals surface area contributed by atoms with Crippen LogP contribution in [0.4, 0.5) is 9.52 Å². The van der Waals surface area contributed by atoms with Crippen molar-refractivity contribution in [3.63, 3.8) is 0 Å². The molecule has 1 fully saturated rings. The highest BCUT2D eigenvalue weighted by Gasteiger charge is 2.51. The summed E-state index contributed by atoms with van der Waals surface area (Å²) in [5.41, 5.74) is 3.87. The van der Waals surface area contributed by atoms with E-state index in [1.807, 2.05) is 65.7 Å². The number of nitrogens with zero attached hydrogens (tertiary/aromatic N) is 3. The number of aliphatic hydroxyl groups excluding tert-OH is 1. The lowest BCUT2D eigenvalue weighted by molar-refractivity contribution is 0.188. The summed E-state index contributed by atoms with van der Waals surface area (Å²) in [4.78, 5) is 7.51. The van der Waals surface area contributed by atoms with Gasteiger partial charge in [-0.3, -0.25) is 0 Å². The smallest absolute Gasteiger partial charge is 0.187 e. The van der Waals surface area contributed by atoms with Crippen LogP contribution in [-0.2, 0) is 0 Å². The van der Waals surface area contributed by atoms with Gasteiger partial charge in [-0.2, -0.15) is 5.26 Å². The summed E-state index contributed by atoms with van der Waals surface area (Å²) in [5, 5.41) is 21.0. The molecule has 32 heavy (non-hydrogen) atoms. The number of aliphatic hydroxyl groups is 1. The number of benzene rings is 3. The highest BCUT2D eigenvalue weighted by molar-refractivity contribution is 7.18. The third kappa shape index (κ3) is 3.46. The second-order valence-electron chi connectivity index (χ2n) is 7.72. The van der Waals surface area contributed by atoms with Gasteiger partial charge < -0.3 is 10.0 Å². The quantitative estimate of drug-likeness (QED) is 0.446. The lowest BCUT2D eigenvalue weighted by Gasteiger charge is -2.52. The van der Waals surface area contributed by atoms with Crippen LogP contribution < -0.4 is 4.90 Å². The third-order valence-electron chi connectivity index (χ3n) is 5.98. The number of hydrogen-bond donors (Lipinski definition) is 1. The molecular formula is C26H20FN3OS. The number of aromatic nitrogens is 1. The first-order valence-corrected chi connectivity index (χ1v) is 11.2. The third-order valence-corrected chi connectivity index (χ3v) is 7.04. The average Bonchev–Trinajstić information content (AvgIpc) is 3.30. The molecule has 0 amide bonds. The van der Waals surface area contributed by atoms with Crippen molar-refractivity contribution < 1.29 is 9.50 Å². The standard InChI is InChI=1S/C26H20FN3OS/c27-19-12-10-17(11-13-19)20-8-4-5-9-21(20)25-22(14-28)30(23(25)16-31)26-29-15-24(32-26)18-6-2-1-3-7-18/h1-13,15,22-23,25,31H,16H2/t22-,23+,25+/m1/s1. The summed E-state index contributed by atoms with van der Waals surface area (Å²) < 4.78 is 13.4. The molecule has 3 atom stereocenters. The molecule has 0 spiro atoms. The van der Waals surface area contributed by atoms with Crippen LogP contribution in [-0.4, -0.2) is 28.8 Å². The van der Waals surface area contributed by atoms with Crippen molar-refractivity contribution in [2.45, 2.75) is 18.0 Å². The molecule has 2 heterocycles. The van der Waals surface area contributed by atoms with Crippen molar-refractivity contribution in [3.8, 4) is 27.6 Å². The second kappa shape index (κ2) is 8.54. The Hall–Kier alpha value is -3.53. The number of nitriles is 1. The average molecular weight is 442 g/mol. The molecule has 1 aliphatic rings. The SMILES string of the molecule is N#C[C@@H]1[C@H](c2ccccc2-c2ccc(F)cc2)[C@H](CO)N1c1ncc(-c2ccccc2)s1. The van der Waals surface area contributed by atoms with Crippen molar-refractivity contribution in [3.05, 3.63) is 96.4 Å². The van der Waals surface area contributed by atoms with Crippen molar-refractivity contribution in [1.29, 1.82) is 5.26 Å². The predicted octanol–water partition coefficient (Wildman–Crippen LogP) is 5.47. The maximum Gasteiger partial charge on any atom is 0.187 e. The number of anilines is 1. The fourth-order valence-electron chi connectivity index (χ4n) is 4.44. The van der Waals surface area contributed by atoms with E-state index < -0.39 is 6.04 Å². The Morgan fingerprint density at radius 1 is 0.969 bits per heavy atom. The van der Waals surface area contributed by atoms with E-state index in [4.69, 9.17) is 0 Å². The van der Waals surface area contributed by atoms with Gasteiger partial charge in [0.2, 0.25) is 0 Å². The van der Waals surface area contributed by atoms with Crippen LogP contribution in [0.25, 0.3) is 21.6 Å². The van der Waals surface area contributed by atoms with Crippen LogP contribution in [0.5, 0.6) is 0 Å². The number of hydrogen-bond acceptors (Lipinski definition) is 5. The van der Waals surface area contributed by atoms with Gasteiger partial charge in [-0.15, -0.1) is 0 Å². The van der Waals surface area contributed by atoms with Gasteiger partial charge in [0.05, 0.1) is 23.6 Å². The second-order valence-corrected chi connectivity index (χ2v) is 8.73. The van der Waals surface area contributed by atoms with Gasteiger partial charge in [-0.25, -0.2) is 9.37 Å². The number of thiazole rings is 1. The molecule has 0 saturated carbocycles. The highest BCUT2D eigenvalue weighted by Crippen LogP contribution is 2.47. The molecule has 6 heteroatoms. The minimum Gasteiger partial charge on any atom is -0.394 e. The summed E-state index contributed by atoms with van der Waals surface area (Å²) in [6.45, 7) is -0.0964. The predicted molar refractivity (Wildman–Crippen MR) is 125 cm³/mol. The molecule has 0 unspecified atom stereocenters. The molecule has 0 radical (unpaired) electrons. The van der Waals surface area contributed by atoms with Crippen LogP contribution in [0.15, 0.2) is 85.1 Å². The maximum absolute atomic E-state index is 13.4. The first-order valence-electron chi connectivity index (χ1n) is 10.4. The van der Waals surface area contributed by atoms with Crippen molar-refractivity contribution in [2.75, 3.05) is 11.5 Å². The van der Waals surface area contributed by atoms with E-state index in [0.717, 1.165) is 32.3 Å². The van der Waals surface area contributed by atoms with Gasteiger partial charge >= 0.3 is 0 Å². The molecule has 0 bridgehead atoms. The minimum absolute atomic E-state index is 0.0964. The van der Waals surface area contributed by atoms with Crippen molar-refractivity contribution >= 4 is 16.5 Å². The van der Waals surface area contributed by atoms with E-state index in [-0.39, 0.29) is 24.4 Å². The molecule has 1 aliphatic heterocycles.